The number of hydrogen-bond donors (Lipinski definition) is 1. The quantitative estimate of drug-likeness (QED) is 0.757. The molecular formula is C13H23NO4. The summed E-state index contributed by atoms with van der Waals surface area (Å²) in [6.45, 7) is 10.0. The van der Waals surface area contributed by atoms with Crippen LogP contribution in [0.2, 0.25) is 0 Å². The van der Waals surface area contributed by atoms with Crippen molar-refractivity contribution in [3.63, 3.8) is 0 Å². The minimum Gasteiger partial charge on any atom is -0.460 e. The van der Waals surface area contributed by atoms with Gasteiger partial charge in [-0.1, -0.05) is 13.8 Å². The molecule has 0 spiro atoms. The van der Waals surface area contributed by atoms with Crippen molar-refractivity contribution in [2.75, 3.05) is 0 Å². The molecule has 0 saturated heterocycles. The van der Waals surface area contributed by atoms with Crippen LogP contribution in [-0.4, -0.2) is 29.3 Å². The van der Waals surface area contributed by atoms with Crippen LogP contribution in [0.15, 0.2) is 0 Å². The van der Waals surface area contributed by atoms with Gasteiger partial charge in [-0.25, -0.2) is 0 Å². The van der Waals surface area contributed by atoms with Gasteiger partial charge in [0.2, 0.25) is 5.91 Å². The zero-order chi connectivity index (χ0) is 14.5. The highest BCUT2D eigenvalue weighted by atomic mass is 16.6. The minimum absolute atomic E-state index is 0.131. The fourth-order valence-electron chi connectivity index (χ4n) is 1.42. The molecule has 0 aliphatic rings. The summed E-state index contributed by atoms with van der Waals surface area (Å²) in [5.74, 6) is -1.24. The summed E-state index contributed by atoms with van der Waals surface area (Å²) in [5.41, 5.74) is -0.598. The molecule has 0 aliphatic carbocycles. The molecule has 1 N–H and O–H groups in total. The maximum Gasteiger partial charge on any atom is 0.308 e. The summed E-state index contributed by atoms with van der Waals surface area (Å²) in [6, 6.07) is -0.808. The minimum atomic E-state index is -0.808. The van der Waals surface area contributed by atoms with E-state index in [-0.39, 0.29) is 24.0 Å². The Kier molecular flexibility index (Phi) is 6.01. The monoisotopic (exact) mass is 257 g/mol. The smallest absolute Gasteiger partial charge is 0.308 e. The molecule has 0 saturated carbocycles. The first-order valence-electron chi connectivity index (χ1n) is 6.05. The highest BCUT2D eigenvalue weighted by Crippen LogP contribution is 2.11. The van der Waals surface area contributed by atoms with E-state index in [0.29, 0.717) is 0 Å². The number of carbonyl (C=O) groups is 3. The number of hydrogen-bond acceptors (Lipinski definition) is 4. The zero-order valence-corrected chi connectivity index (χ0v) is 12.0. The summed E-state index contributed by atoms with van der Waals surface area (Å²) >= 11 is 0. The van der Waals surface area contributed by atoms with Crippen molar-refractivity contribution in [2.45, 2.75) is 59.6 Å². The van der Waals surface area contributed by atoms with Crippen LogP contribution in [0.4, 0.5) is 0 Å². The lowest BCUT2D eigenvalue weighted by molar-refractivity contribution is -0.156. The molecule has 0 aliphatic heterocycles. The van der Waals surface area contributed by atoms with Crippen molar-refractivity contribution in [3.8, 4) is 0 Å². The second-order valence-electron chi connectivity index (χ2n) is 5.60. The first-order chi connectivity index (χ1) is 8.03. The largest absolute Gasteiger partial charge is 0.460 e. The predicted octanol–water partition coefficient (Wildman–Crippen LogP) is 1.45. The van der Waals surface area contributed by atoms with E-state index in [1.54, 1.807) is 34.6 Å². The Balaban J connectivity index is 4.65. The summed E-state index contributed by atoms with van der Waals surface area (Å²) in [7, 11) is 0. The average molecular weight is 257 g/mol. The van der Waals surface area contributed by atoms with Crippen LogP contribution < -0.4 is 5.32 Å². The molecule has 18 heavy (non-hydrogen) atoms. The van der Waals surface area contributed by atoms with Crippen LogP contribution in [0.1, 0.15) is 48.0 Å². The van der Waals surface area contributed by atoms with Gasteiger partial charge in [-0.15, -0.1) is 0 Å². The molecule has 1 amide bonds. The first-order valence-corrected chi connectivity index (χ1v) is 6.05. The Morgan fingerprint density at radius 2 is 1.67 bits per heavy atom. The van der Waals surface area contributed by atoms with Crippen molar-refractivity contribution >= 4 is 17.7 Å². The zero-order valence-electron chi connectivity index (χ0n) is 12.0. The molecule has 0 bridgehead atoms. The fourth-order valence-corrected chi connectivity index (χ4v) is 1.42. The maximum absolute atomic E-state index is 11.9. The first kappa shape index (κ1) is 16.6. The van der Waals surface area contributed by atoms with E-state index in [0.717, 1.165) is 0 Å². The molecule has 0 fully saturated rings. The SMILES string of the molecule is CC(=O)N[C@@H](CC(=O)OC(C)(C)C)C(=O)C(C)C. The summed E-state index contributed by atoms with van der Waals surface area (Å²) in [5, 5.41) is 2.49. The van der Waals surface area contributed by atoms with Gasteiger partial charge in [0.05, 0.1) is 12.5 Å². The van der Waals surface area contributed by atoms with Gasteiger partial charge in [0, 0.05) is 12.8 Å². The molecule has 5 nitrogen and oxygen atoms in total. The summed E-state index contributed by atoms with van der Waals surface area (Å²) < 4.78 is 5.14. The van der Waals surface area contributed by atoms with E-state index in [9.17, 15) is 14.4 Å². The fraction of sp³-hybridized carbons (Fsp3) is 0.769. The van der Waals surface area contributed by atoms with Gasteiger partial charge in [-0.3, -0.25) is 14.4 Å². The number of esters is 1. The van der Waals surface area contributed by atoms with Crippen molar-refractivity contribution in [1.29, 1.82) is 0 Å². The highest BCUT2D eigenvalue weighted by Gasteiger charge is 2.27. The topological polar surface area (TPSA) is 72.5 Å². The Morgan fingerprint density at radius 3 is 2.00 bits per heavy atom. The third kappa shape index (κ3) is 7.04. The van der Waals surface area contributed by atoms with Crippen LogP contribution in [0.5, 0.6) is 0 Å². The maximum atomic E-state index is 11.9. The number of nitrogens with one attached hydrogen (secondary N) is 1. The van der Waals surface area contributed by atoms with Gasteiger partial charge >= 0.3 is 5.97 Å². The molecule has 1 atom stereocenters. The van der Waals surface area contributed by atoms with Crippen LogP contribution >= 0.6 is 0 Å². The molecule has 104 valence electrons. The number of carbonyl (C=O) groups excluding carboxylic acids is 3. The van der Waals surface area contributed by atoms with Gasteiger partial charge in [0.15, 0.2) is 5.78 Å². The molecule has 0 radical (unpaired) electrons. The highest BCUT2D eigenvalue weighted by molar-refractivity contribution is 5.92. The second-order valence-corrected chi connectivity index (χ2v) is 5.60. The van der Waals surface area contributed by atoms with Crippen LogP contribution in [0.3, 0.4) is 0 Å². The lowest BCUT2D eigenvalue weighted by atomic mass is 9.99. The summed E-state index contributed by atoms with van der Waals surface area (Å²) in [6.07, 6.45) is -0.131. The number of rotatable bonds is 5. The molecule has 0 rings (SSSR count). The molecule has 0 heterocycles. The average Bonchev–Trinajstić information content (AvgIpc) is 2.11. The molecule has 0 aromatic rings. The van der Waals surface area contributed by atoms with Gasteiger partial charge in [0.25, 0.3) is 0 Å². The van der Waals surface area contributed by atoms with Crippen molar-refractivity contribution in [2.24, 2.45) is 5.92 Å². The third-order valence-corrected chi connectivity index (χ3v) is 2.08. The predicted molar refractivity (Wildman–Crippen MR) is 67.9 cm³/mol. The van der Waals surface area contributed by atoms with E-state index in [1.165, 1.54) is 6.92 Å². The Labute approximate surface area is 108 Å². The normalized spacial score (nSPS) is 13.1. The van der Waals surface area contributed by atoms with Crippen LogP contribution in [-0.2, 0) is 19.1 Å². The molecule has 0 unspecified atom stereocenters. The van der Waals surface area contributed by atoms with E-state index in [1.807, 2.05) is 0 Å². The number of ketones is 1. The Morgan fingerprint density at radius 1 is 1.17 bits per heavy atom. The van der Waals surface area contributed by atoms with E-state index in [2.05, 4.69) is 5.32 Å². The van der Waals surface area contributed by atoms with Gasteiger partial charge < -0.3 is 10.1 Å². The number of ether oxygens (including phenoxy) is 1. The van der Waals surface area contributed by atoms with E-state index in [4.69, 9.17) is 4.74 Å². The van der Waals surface area contributed by atoms with E-state index >= 15 is 0 Å². The molecule has 5 heteroatoms. The Bertz CT molecular complexity index is 328. The lowest BCUT2D eigenvalue weighted by Gasteiger charge is -2.22. The van der Waals surface area contributed by atoms with Gasteiger partial charge in [-0.2, -0.15) is 0 Å². The number of Topliss-reactive ketones (excluding diaryl/α,β-unsaturated/α-hetero) is 1. The van der Waals surface area contributed by atoms with Crippen molar-refractivity contribution in [3.05, 3.63) is 0 Å². The molecular weight excluding hydrogens is 234 g/mol. The number of amides is 1. The molecule has 0 aromatic carbocycles. The molecule has 0 aromatic heterocycles. The van der Waals surface area contributed by atoms with Gasteiger partial charge in [-0.05, 0) is 20.8 Å². The van der Waals surface area contributed by atoms with Gasteiger partial charge in [0.1, 0.15) is 5.60 Å². The van der Waals surface area contributed by atoms with Crippen molar-refractivity contribution < 1.29 is 19.1 Å². The standard InChI is InChI=1S/C13H23NO4/c1-8(2)12(17)10(14-9(3)15)7-11(16)18-13(4,5)6/h8,10H,7H2,1-6H3,(H,14,15)/t10-/m0/s1. The third-order valence-electron chi connectivity index (χ3n) is 2.08. The van der Waals surface area contributed by atoms with Crippen molar-refractivity contribution in [1.82, 2.24) is 5.32 Å². The second kappa shape index (κ2) is 6.52. The Hall–Kier alpha value is -1.39. The summed E-state index contributed by atoms with van der Waals surface area (Å²) in [4.78, 5) is 34.5. The lowest BCUT2D eigenvalue weighted by Crippen LogP contribution is -2.44. The van der Waals surface area contributed by atoms with Crippen LogP contribution in [0.25, 0.3) is 0 Å². The van der Waals surface area contributed by atoms with E-state index < -0.39 is 17.6 Å². The van der Waals surface area contributed by atoms with Crippen LogP contribution in [0, 0.1) is 5.92 Å².